The minimum absolute atomic E-state index is 0.0248. The van der Waals surface area contributed by atoms with Gasteiger partial charge in [-0.15, -0.1) is 0 Å². The molecule has 182 valence electrons. The van der Waals surface area contributed by atoms with Crippen molar-refractivity contribution in [2.45, 2.75) is 25.7 Å². The van der Waals surface area contributed by atoms with E-state index in [1.165, 1.54) is 0 Å². The van der Waals surface area contributed by atoms with Gasteiger partial charge in [-0.2, -0.15) is 5.26 Å². The van der Waals surface area contributed by atoms with Crippen LogP contribution in [-0.2, 0) is 0 Å². The second-order valence-electron chi connectivity index (χ2n) is 8.94. The minimum atomic E-state index is -0.360. The number of amides is 1. The number of ketones is 1. The predicted molar refractivity (Wildman–Crippen MR) is 142 cm³/mol. The number of aromatic nitrogens is 1. The molecule has 36 heavy (non-hydrogen) atoms. The third-order valence-corrected chi connectivity index (χ3v) is 6.47. The third kappa shape index (κ3) is 5.54. The van der Waals surface area contributed by atoms with E-state index in [9.17, 15) is 9.59 Å². The van der Waals surface area contributed by atoms with Crippen molar-refractivity contribution in [3.63, 3.8) is 0 Å². The van der Waals surface area contributed by atoms with Gasteiger partial charge in [-0.25, -0.2) is 0 Å². The van der Waals surface area contributed by atoms with E-state index in [-0.39, 0.29) is 23.5 Å². The zero-order chi connectivity index (χ0) is 25.5. The molecular weight excluding hydrogens is 448 g/mol. The van der Waals surface area contributed by atoms with Crippen molar-refractivity contribution in [1.82, 2.24) is 15.6 Å². The van der Waals surface area contributed by atoms with Crippen LogP contribution in [0.15, 0.2) is 79.0 Å². The molecule has 1 aromatic heterocycles. The maximum atomic E-state index is 13.8. The van der Waals surface area contributed by atoms with E-state index in [0.29, 0.717) is 36.3 Å². The zero-order valence-corrected chi connectivity index (χ0v) is 20.5. The monoisotopic (exact) mass is 478 g/mol. The fraction of sp³-hybridized carbons (Fsp3) is 0.233. The molecule has 3 aromatic carbocycles. The number of H-pyrrole nitrogens is 1. The second kappa shape index (κ2) is 11.5. The number of nitrogens with zero attached hydrogens (tertiary/aromatic N) is 1. The van der Waals surface area contributed by atoms with Crippen LogP contribution in [0.1, 0.15) is 63.1 Å². The molecule has 0 aliphatic heterocycles. The summed E-state index contributed by atoms with van der Waals surface area (Å²) in [7, 11) is 0. The van der Waals surface area contributed by atoms with Gasteiger partial charge in [0, 0.05) is 47.9 Å². The normalized spacial score (nSPS) is 12.6. The van der Waals surface area contributed by atoms with Crippen molar-refractivity contribution in [3.8, 4) is 6.07 Å². The molecule has 4 rings (SSSR count). The lowest BCUT2D eigenvalue weighted by molar-refractivity contribution is 0.0950. The van der Waals surface area contributed by atoms with Crippen LogP contribution in [-0.4, -0.2) is 36.3 Å². The maximum absolute atomic E-state index is 13.8. The van der Waals surface area contributed by atoms with Crippen molar-refractivity contribution in [1.29, 1.82) is 5.26 Å². The number of nitriles is 1. The summed E-state index contributed by atoms with van der Waals surface area (Å²) >= 11 is 0. The Kier molecular flexibility index (Phi) is 7.94. The van der Waals surface area contributed by atoms with Crippen molar-refractivity contribution >= 4 is 22.6 Å². The summed E-state index contributed by atoms with van der Waals surface area (Å²) < 4.78 is 0. The summed E-state index contributed by atoms with van der Waals surface area (Å²) in [6.07, 6.45) is 1.74. The van der Waals surface area contributed by atoms with Crippen molar-refractivity contribution in [3.05, 3.63) is 107 Å². The van der Waals surface area contributed by atoms with E-state index >= 15 is 0 Å². The Balaban J connectivity index is 1.53. The SMILES string of the molecule is CCNC(=O)c1ccc2c(C(=O)C(CNC[C@H](C)c3ccc(C#N)cc3)c3ccccc3)c[nH]c2c1. The molecule has 0 bridgehead atoms. The molecule has 3 N–H and O–H groups in total. The molecule has 6 nitrogen and oxygen atoms in total. The average molecular weight is 479 g/mol. The molecule has 0 fully saturated rings. The fourth-order valence-corrected chi connectivity index (χ4v) is 4.42. The van der Waals surface area contributed by atoms with Crippen LogP contribution in [0.25, 0.3) is 10.9 Å². The molecular formula is C30H30N4O2. The van der Waals surface area contributed by atoms with Crippen LogP contribution in [0.5, 0.6) is 0 Å². The fourth-order valence-electron chi connectivity index (χ4n) is 4.42. The van der Waals surface area contributed by atoms with Crippen LogP contribution >= 0.6 is 0 Å². The van der Waals surface area contributed by atoms with E-state index in [2.05, 4.69) is 28.6 Å². The first kappa shape index (κ1) is 24.9. The Morgan fingerprint density at radius 2 is 1.72 bits per heavy atom. The van der Waals surface area contributed by atoms with Gasteiger partial charge in [0.1, 0.15) is 0 Å². The topological polar surface area (TPSA) is 97.8 Å². The summed E-state index contributed by atoms with van der Waals surface area (Å²) in [6.45, 7) is 5.75. The first-order chi connectivity index (χ1) is 17.5. The van der Waals surface area contributed by atoms with Crippen molar-refractivity contribution in [2.24, 2.45) is 0 Å². The maximum Gasteiger partial charge on any atom is 0.251 e. The molecule has 1 amide bonds. The van der Waals surface area contributed by atoms with Crippen LogP contribution in [0, 0.1) is 11.3 Å². The standard InChI is InChI=1S/C30H30N4O2/c1-3-33-30(36)24-13-14-25-27(19-34-28(25)15-24)29(35)26(23-7-5-4-6-8-23)18-32-17-20(2)22-11-9-21(16-31)10-12-22/h4-15,19-20,26,32,34H,3,17-18H2,1-2H3,(H,33,36)/t20-,26?/m0/s1. The highest BCUT2D eigenvalue weighted by Gasteiger charge is 2.25. The largest absolute Gasteiger partial charge is 0.360 e. The van der Waals surface area contributed by atoms with Gasteiger partial charge in [-0.3, -0.25) is 9.59 Å². The average Bonchev–Trinajstić information content (AvgIpc) is 3.35. The Hall–Kier alpha value is -4.21. The molecule has 1 unspecified atom stereocenters. The molecule has 0 saturated carbocycles. The number of benzene rings is 3. The first-order valence-corrected chi connectivity index (χ1v) is 12.2. The minimum Gasteiger partial charge on any atom is -0.360 e. The predicted octanol–water partition coefficient (Wildman–Crippen LogP) is 5.15. The Labute approximate surface area is 211 Å². The number of rotatable bonds is 10. The van der Waals surface area contributed by atoms with Gasteiger partial charge in [0.25, 0.3) is 5.91 Å². The lowest BCUT2D eigenvalue weighted by Gasteiger charge is -2.19. The number of carbonyl (C=O) groups excluding carboxylic acids is 2. The summed E-state index contributed by atoms with van der Waals surface area (Å²) in [5.41, 5.74) is 4.67. The molecule has 0 aliphatic carbocycles. The quantitative estimate of drug-likeness (QED) is 0.275. The summed E-state index contributed by atoms with van der Waals surface area (Å²) in [5, 5.41) is 16.1. The lowest BCUT2D eigenvalue weighted by atomic mass is 9.90. The van der Waals surface area contributed by atoms with Crippen molar-refractivity contribution < 1.29 is 9.59 Å². The number of aromatic amines is 1. The first-order valence-electron chi connectivity index (χ1n) is 12.2. The third-order valence-electron chi connectivity index (χ3n) is 6.47. The van der Waals surface area contributed by atoms with E-state index in [0.717, 1.165) is 22.0 Å². The highest BCUT2D eigenvalue weighted by molar-refractivity contribution is 6.11. The molecule has 0 aliphatic rings. The van der Waals surface area contributed by atoms with E-state index < -0.39 is 0 Å². The van der Waals surface area contributed by atoms with Gasteiger partial charge in [-0.1, -0.05) is 55.5 Å². The molecule has 6 heteroatoms. The Morgan fingerprint density at radius 1 is 0.972 bits per heavy atom. The van der Waals surface area contributed by atoms with Crippen LogP contribution in [0.4, 0.5) is 0 Å². The number of carbonyl (C=O) groups is 2. The van der Waals surface area contributed by atoms with E-state index in [1.807, 2.05) is 67.6 Å². The molecule has 0 radical (unpaired) electrons. The van der Waals surface area contributed by atoms with Gasteiger partial charge in [0.05, 0.1) is 17.6 Å². The van der Waals surface area contributed by atoms with E-state index in [1.54, 1.807) is 18.3 Å². The van der Waals surface area contributed by atoms with Gasteiger partial charge in [0.2, 0.25) is 0 Å². The smallest absolute Gasteiger partial charge is 0.251 e. The summed E-state index contributed by atoms with van der Waals surface area (Å²) in [5.74, 6) is -0.243. The zero-order valence-electron chi connectivity index (χ0n) is 20.5. The molecule has 0 saturated heterocycles. The van der Waals surface area contributed by atoms with Crippen LogP contribution in [0.3, 0.4) is 0 Å². The summed E-state index contributed by atoms with van der Waals surface area (Å²) in [6, 6.07) is 24.9. The van der Waals surface area contributed by atoms with Gasteiger partial charge in [-0.05, 0) is 48.2 Å². The number of Topliss-reactive ketones (excluding diaryl/α,β-unsaturated/α-hetero) is 1. The highest BCUT2D eigenvalue weighted by Crippen LogP contribution is 2.27. The van der Waals surface area contributed by atoms with Gasteiger partial charge in [0.15, 0.2) is 5.78 Å². The Morgan fingerprint density at radius 3 is 2.42 bits per heavy atom. The number of fused-ring (bicyclic) bond motifs is 1. The second-order valence-corrected chi connectivity index (χ2v) is 8.94. The molecule has 1 heterocycles. The molecule has 4 aromatic rings. The molecule has 0 spiro atoms. The number of hydrogen-bond donors (Lipinski definition) is 3. The van der Waals surface area contributed by atoms with Crippen LogP contribution in [0.2, 0.25) is 0 Å². The summed E-state index contributed by atoms with van der Waals surface area (Å²) in [4.78, 5) is 29.2. The Bertz CT molecular complexity index is 1380. The van der Waals surface area contributed by atoms with Gasteiger partial charge < -0.3 is 15.6 Å². The van der Waals surface area contributed by atoms with Gasteiger partial charge >= 0.3 is 0 Å². The highest BCUT2D eigenvalue weighted by atomic mass is 16.1. The molecule has 2 atom stereocenters. The van der Waals surface area contributed by atoms with Crippen molar-refractivity contribution in [2.75, 3.05) is 19.6 Å². The lowest BCUT2D eigenvalue weighted by Crippen LogP contribution is -2.29. The van der Waals surface area contributed by atoms with Crippen LogP contribution < -0.4 is 10.6 Å². The number of nitrogens with one attached hydrogen (secondary N) is 3. The van der Waals surface area contributed by atoms with E-state index in [4.69, 9.17) is 5.26 Å². The number of hydrogen-bond acceptors (Lipinski definition) is 4.